The van der Waals surface area contributed by atoms with Crippen LogP contribution in [0.4, 0.5) is 4.39 Å². The van der Waals surface area contributed by atoms with Crippen molar-refractivity contribution in [1.29, 1.82) is 0 Å². The van der Waals surface area contributed by atoms with E-state index < -0.39 is 17.9 Å². The molecular formula is C31H34FNO4. The summed E-state index contributed by atoms with van der Waals surface area (Å²) in [6.07, 6.45) is 3.96. The first-order valence-corrected chi connectivity index (χ1v) is 12.8. The third kappa shape index (κ3) is 6.77. The summed E-state index contributed by atoms with van der Waals surface area (Å²) >= 11 is 0. The summed E-state index contributed by atoms with van der Waals surface area (Å²) in [4.78, 5) is 12.2. The number of aliphatic hydroxyl groups excluding tert-OH is 1. The number of phenolic OH excluding ortho intramolecular Hbond substituents is 1. The van der Waals surface area contributed by atoms with Crippen molar-refractivity contribution in [3.05, 3.63) is 101 Å². The number of aryl methyl sites for hydroxylation is 1. The average molecular weight is 504 g/mol. The number of carbonyl (C=O) groups is 1. The van der Waals surface area contributed by atoms with Crippen LogP contribution in [0.15, 0.2) is 72.9 Å². The highest BCUT2D eigenvalue weighted by atomic mass is 19.1. The van der Waals surface area contributed by atoms with Gasteiger partial charge in [0.05, 0.1) is 18.2 Å². The SMILES string of the molecule is CC(C)CCCc1cc(O)c(Cn2cc(CC(O)COC(=O)c3ccccc3)c3ccccc32)c(F)c1. The Morgan fingerprint density at radius 1 is 1.05 bits per heavy atom. The number of hydrogen-bond donors (Lipinski definition) is 2. The van der Waals surface area contributed by atoms with Gasteiger partial charge in [0.1, 0.15) is 18.2 Å². The molecule has 3 aromatic carbocycles. The summed E-state index contributed by atoms with van der Waals surface area (Å²) < 4.78 is 22.2. The lowest BCUT2D eigenvalue weighted by Gasteiger charge is -2.12. The van der Waals surface area contributed by atoms with Gasteiger partial charge in [-0.2, -0.15) is 0 Å². The highest BCUT2D eigenvalue weighted by Crippen LogP contribution is 2.29. The summed E-state index contributed by atoms with van der Waals surface area (Å²) in [7, 11) is 0. The molecule has 2 N–H and O–H groups in total. The molecule has 0 fully saturated rings. The number of aliphatic hydroxyl groups is 1. The monoisotopic (exact) mass is 503 g/mol. The maximum absolute atomic E-state index is 15.1. The molecule has 4 rings (SSSR count). The number of carbonyl (C=O) groups excluding carboxylic acids is 1. The summed E-state index contributed by atoms with van der Waals surface area (Å²) in [6, 6.07) is 19.5. The van der Waals surface area contributed by atoms with Gasteiger partial charge in [0.15, 0.2) is 0 Å². The second-order valence-corrected chi connectivity index (χ2v) is 9.98. The molecule has 0 spiro atoms. The van der Waals surface area contributed by atoms with Crippen LogP contribution in [0.25, 0.3) is 10.9 Å². The van der Waals surface area contributed by atoms with Crippen LogP contribution in [0, 0.1) is 11.7 Å². The topological polar surface area (TPSA) is 71.7 Å². The van der Waals surface area contributed by atoms with Crippen LogP contribution in [-0.4, -0.2) is 33.5 Å². The zero-order valence-electron chi connectivity index (χ0n) is 21.4. The quantitative estimate of drug-likeness (QED) is 0.237. The van der Waals surface area contributed by atoms with Crippen LogP contribution >= 0.6 is 0 Å². The molecule has 0 aliphatic carbocycles. The molecule has 1 unspecified atom stereocenters. The number of hydrogen-bond acceptors (Lipinski definition) is 4. The van der Waals surface area contributed by atoms with Crippen LogP contribution < -0.4 is 0 Å². The van der Waals surface area contributed by atoms with E-state index in [1.807, 2.05) is 41.1 Å². The second-order valence-electron chi connectivity index (χ2n) is 9.98. The number of ether oxygens (including phenoxy) is 1. The van der Waals surface area contributed by atoms with Gasteiger partial charge in [0.25, 0.3) is 0 Å². The molecule has 37 heavy (non-hydrogen) atoms. The van der Waals surface area contributed by atoms with E-state index in [4.69, 9.17) is 4.74 Å². The smallest absolute Gasteiger partial charge is 0.338 e. The minimum absolute atomic E-state index is 0.0493. The predicted molar refractivity (Wildman–Crippen MR) is 143 cm³/mol. The van der Waals surface area contributed by atoms with Gasteiger partial charge >= 0.3 is 5.97 Å². The van der Waals surface area contributed by atoms with Gasteiger partial charge in [-0.25, -0.2) is 9.18 Å². The van der Waals surface area contributed by atoms with Crippen LogP contribution in [0.3, 0.4) is 0 Å². The largest absolute Gasteiger partial charge is 0.507 e. The number of para-hydroxylation sites is 1. The van der Waals surface area contributed by atoms with Gasteiger partial charge in [-0.05, 0) is 60.2 Å². The molecule has 1 aromatic heterocycles. The number of aromatic nitrogens is 1. The van der Waals surface area contributed by atoms with Crippen molar-refractivity contribution in [2.75, 3.05) is 6.61 Å². The van der Waals surface area contributed by atoms with Crippen molar-refractivity contribution in [2.24, 2.45) is 5.92 Å². The van der Waals surface area contributed by atoms with Gasteiger partial charge in [-0.3, -0.25) is 0 Å². The molecule has 4 aromatic rings. The predicted octanol–water partition coefficient (Wildman–Crippen LogP) is 6.27. The number of aromatic hydroxyl groups is 1. The Bertz CT molecular complexity index is 1320. The van der Waals surface area contributed by atoms with Crippen LogP contribution in [-0.2, 0) is 24.1 Å². The van der Waals surface area contributed by atoms with E-state index >= 15 is 4.39 Å². The average Bonchev–Trinajstić information content (AvgIpc) is 3.22. The fraction of sp³-hybridized carbons (Fsp3) is 0.323. The molecule has 194 valence electrons. The van der Waals surface area contributed by atoms with E-state index in [0.717, 1.165) is 41.3 Å². The number of nitrogens with zero attached hydrogens (tertiary/aromatic N) is 1. The summed E-state index contributed by atoms with van der Waals surface area (Å²) in [5.41, 5.74) is 3.18. The molecular weight excluding hydrogens is 469 g/mol. The third-order valence-electron chi connectivity index (χ3n) is 6.55. The van der Waals surface area contributed by atoms with Crippen LogP contribution in [0.5, 0.6) is 5.75 Å². The Balaban J connectivity index is 1.47. The fourth-order valence-corrected chi connectivity index (χ4v) is 4.62. The molecule has 1 atom stereocenters. The van der Waals surface area contributed by atoms with Gasteiger partial charge in [0.2, 0.25) is 0 Å². The fourth-order valence-electron chi connectivity index (χ4n) is 4.62. The Labute approximate surface area is 217 Å². The van der Waals surface area contributed by atoms with Crippen molar-refractivity contribution < 1.29 is 24.1 Å². The number of benzene rings is 3. The van der Waals surface area contributed by atoms with Crippen LogP contribution in [0.1, 0.15) is 53.7 Å². The van der Waals surface area contributed by atoms with Crippen molar-refractivity contribution in [1.82, 2.24) is 4.57 Å². The Kier molecular flexibility index (Phi) is 8.62. The lowest BCUT2D eigenvalue weighted by molar-refractivity contribution is 0.0259. The molecule has 0 amide bonds. The maximum atomic E-state index is 15.1. The van der Waals surface area contributed by atoms with E-state index in [9.17, 15) is 15.0 Å². The van der Waals surface area contributed by atoms with Crippen molar-refractivity contribution in [3.63, 3.8) is 0 Å². The highest BCUT2D eigenvalue weighted by molar-refractivity contribution is 5.89. The molecule has 0 saturated heterocycles. The molecule has 0 bridgehead atoms. The first-order chi connectivity index (χ1) is 17.8. The number of esters is 1. The van der Waals surface area contributed by atoms with Gasteiger partial charge in [-0.1, -0.05) is 56.7 Å². The first-order valence-electron chi connectivity index (χ1n) is 12.8. The normalized spacial score (nSPS) is 12.2. The van der Waals surface area contributed by atoms with Crippen LogP contribution in [0.2, 0.25) is 0 Å². The standard InChI is InChI=1S/C31H34FNO4/c1-21(2)9-8-10-22-15-28(32)27(30(35)16-22)19-33-18-24(26-13-6-7-14-29(26)33)17-25(34)20-37-31(36)23-11-4-3-5-12-23/h3-7,11-16,18,21,25,34-35H,8-10,17,19-20H2,1-2H3. The number of halogens is 1. The van der Waals surface area contributed by atoms with Gasteiger partial charge in [-0.15, -0.1) is 0 Å². The zero-order valence-corrected chi connectivity index (χ0v) is 21.4. The van der Waals surface area contributed by atoms with Gasteiger partial charge < -0.3 is 19.5 Å². The van der Waals surface area contributed by atoms with E-state index in [1.54, 1.807) is 30.3 Å². The lowest BCUT2D eigenvalue weighted by Crippen LogP contribution is -2.20. The van der Waals surface area contributed by atoms with Crippen molar-refractivity contribution in [3.8, 4) is 5.75 Å². The third-order valence-corrected chi connectivity index (χ3v) is 6.55. The Morgan fingerprint density at radius 3 is 2.51 bits per heavy atom. The minimum atomic E-state index is -0.901. The Morgan fingerprint density at radius 2 is 1.78 bits per heavy atom. The van der Waals surface area contributed by atoms with Gasteiger partial charge in [0, 0.05) is 29.1 Å². The molecule has 0 aliphatic heterocycles. The van der Waals surface area contributed by atoms with Crippen molar-refractivity contribution >= 4 is 16.9 Å². The van der Waals surface area contributed by atoms with Crippen molar-refractivity contribution in [2.45, 2.75) is 52.2 Å². The summed E-state index contributed by atoms with van der Waals surface area (Å²) in [5.74, 6) is -0.373. The van der Waals surface area contributed by atoms with E-state index in [-0.39, 0.29) is 30.9 Å². The minimum Gasteiger partial charge on any atom is -0.507 e. The summed E-state index contributed by atoms with van der Waals surface area (Å²) in [5, 5.41) is 22.2. The summed E-state index contributed by atoms with van der Waals surface area (Å²) in [6.45, 7) is 4.34. The molecule has 5 nitrogen and oxygen atoms in total. The molecule has 0 aliphatic rings. The van der Waals surface area contributed by atoms with E-state index in [0.29, 0.717) is 11.5 Å². The molecule has 0 radical (unpaired) electrons. The molecule has 6 heteroatoms. The number of phenols is 1. The molecule has 0 saturated carbocycles. The number of fused-ring (bicyclic) bond motifs is 1. The zero-order chi connectivity index (χ0) is 26.4. The maximum Gasteiger partial charge on any atom is 0.338 e. The lowest BCUT2D eigenvalue weighted by atomic mass is 10.0. The van der Waals surface area contributed by atoms with E-state index in [1.165, 1.54) is 6.07 Å². The Hall–Kier alpha value is -3.64. The molecule has 1 heterocycles. The second kappa shape index (κ2) is 12.1. The first kappa shape index (κ1) is 26.4. The number of rotatable bonds is 11. The highest BCUT2D eigenvalue weighted by Gasteiger charge is 2.17. The van der Waals surface area contributed by atoms with E-state index in [2.05, 4.69) is 13.8 Å².